The van der Waals surface area contributed by atoms with Gasteiger partial charge < -0.3 is 21.5 Å². The van der Waals surface area contributed by atoms with Gasteiger partial charge in [-0.1, -0.05) is 11.6 Å². The van der Waals surface area contributed by atoms with E-state index in [4.69, 9.17) is 17.3 Å². The van der Waals surface area contributed by atoms with Crippen LogP contribution in [0.1, 0.15) is 55.0 Å². The van der Waals surface area contributed by atoms with Crippen LogP contribution in [0.5, 0.6) is 0 Å². The van der Waals surface area contributed by atoms with Gasteiger partial charge in [0.2, 0.25) is 0 Å². The highest BCUT2D eigenvalue weighted by Gasteiger charge is 2.29. The molecule has 3 atom stereocenters. The molecule has 1 fully saturated rings. The van der Waals surface area contributed by atoms with Gasteiger partial charge in [0.25, 0.3) is 5.91 Å². The number of pyridine rings is 1. The predicted octanol–water partition coefficient (Wildman–Crippen LogP) is 3.01. The lowest BCUT2D eigenvalue weighted by Gasteiger charge is -2.23. The Morgan fingerprint density at radius 2 is 2.03 bits per heavy atom. The predicted molar refractivity (Wildman–Crippen MR) is 122 cm³/mol. The molecule has 11 heteroatoms. The third-order valence-electron chi connectivity index (χ3n) is 5.39. The van der Waals surface area contributed by atoms with Gasteiger partial charge in [0, 0.05) is 30.8 Å². The van der Waals surface area contributed by atoms with E-state index in [2.05, 4.69) is 25.6 Å². The lowest BCUT2D eigenvalue weighted by Crippen LogP contribution is -2.42. The van der Waals surface area contributed by atoms with Crippen LogP contribution in [0.25, 0.3) is 5.57 Å². The Labute approximate surface area is 195 Å². The van der Waals surface area contributed by atoms with Gasteiger partial charge in [0.05, 0.1) is 39.7 Å². The molecule has 0 aliphatic heterocycles. The molecule has 2 aromatic heterocycles. The molecule has 2 heterocycles. The van der Waals surface area contributed by atoms with Crippen molar-refractivity contribution in [3.05, 3.63) is 53.0 Å². The number of carbonyl (C=O) groups is 1. The fourth-order valence-electron chi connectivity index (χ4n) is 3.43. The van der Waals surface area contributed by atoms with Crippen molar-refractivity contribution in [2.24, 2.45) is 5.73 Å². The molecule has 33 heavy (non-hydrogen) atoms. The number of rotatable bonds is 8. The van der Waals surface area contributed by atoms with Crippen LogP contribution >= 0.6 is 11.6 Å². The number of aliphatic hydroxyl groups is 1. The molecule has 1 amide bonds. The summed E-state index contributed by atoms with van der Waals surface area (Å²) in [5, 5.41) is 15.8. The van der Waals surface area contributed by atoms with Crippen LogP contribution in [0.3, 0.4) is 0 Å². The zero-order valence-electron chi connectivity index (χ0n) is 18.4. The van der Waals surface area contributed by atoms with Gasteiger partial charge in [-0.15, -0.1) is 0 Å². The second kappa shape index (κ2) is 10.4. The molecule has 1 aliphatic rings. The normalized spacial score (nSPS) is 19.9. The first-order valence-corrected chi connectivity index (χ1v) is 10.9. The highest BCUT2D eigenvalue weighted by atomic mass is 35.5. The van der Waals surface area contributed by atoms with E-state index in [1.165, 1.54) is 38.6 Å². The second-order valence-corrected chi connectivity index (χ2v) is 8.94. The zero-order chi connectivity index (χ0) is 24.2. The Morgan fingerprint density at radius 1 is 1.33 bits per heavy atom. The van der Waals surface area contributed by atoms with Gasteiger partial charge in [-0.25, -0.2) is 18.7 Å². The molecule has 0 bridgehead atoms. The third-order valence-corrected chi connectivity index (χ3v) is 5.58. The van der Waals surface area contributed by atoms with Crippen LogP contribution in [-0.4, -0.2) is 56.5 Å². The van der Waals surface area contributed by atoms with E-state index < -0.39 is 23.9 Å². The van der Waals surface area contributed by atoms with E-state index in [9.17, 15) is 18.7 Å². The van der Waals surface area contributed by atoms with Gasteiger partial charge in [-0.05, 0) is 39.2 Å². The molecule has 1 saturated carbocycles. The Kier molecular flexibility index (Phi) is 7.80. The smallest absolute Gasteiger partial charge is 0.255 e. The maximum Gasteiger partial charge on any atom is 0.255 e. The van der Waals surface area contributed by atoms with Crippen LogP contribution in [0.4, 0.5) is 14.5 Å². The molecule has 3 rings (SSSR count). The SMILES string of the molecule is CC(C)(O)C(F)CNC(=O)c1cnc(C(=CN)c2ncc(Cl)cn2)cc1NC1CCC(F)C1. The number of hydrogen-bond donors (Lipinski definition) is 4. The first-order chi connectivity index (χ1) is 15.6. The molecule has 0 aromatic carbocycles. The number of carbonyl (C=O) groups excluding carboxylic acids is 1. The second-order valence-electron chi connectivity index (χ2n) is 8.50. The number of nitrogens with zero attached hydrogens (tertiary/aromatic N) is 3. The summed E-state index contributed by atoms with van der Waals surface area (Å²) >= 11 is 5.85. The molecule has 5 N–H and O–H groups in total. The summed E-state index contributed by atoms with van der Waals surface area (Å²) in [6, 6.07) is 1.42. The first-order valence-electron chi connectivity index (χ1n) is 10.5. The molecule has 0 saturated heterocycles. The summed E-state index contributed by atoms with van der Waals surface area (Å²) in [5.41, 5.74) is 5.53. The zero-order valence-corrected chi connectivity index (χ0v) is 19.1. The van der Waals surface area contributed by atoms with E-state index >= 15 is 0 Å². The van der Waals surface area contributed by atoms with Crippen LogP contribution in [-0.2, 0) is 0 Å². The van der Waals surface area contributed by atoms with Crippen molar-refractivity contribution in [1.29, 1.82) is 0 Å². The molecule has 0 spiro atoms. The summed E-state index contributed by atoms with van der Waals surface area (Å²) in [6.45, 7) is 2.26. The molecular formula is C22H27ClF2N6O2. The third kappa shape index (κ3) is 6.35. The number of nitrogens with one attached hydrogen (secondary N) is 2. The topological polar surface area (TPSA) is 126 Å². The van der Waals surface area contributed by atoms with Gasteiger partial charge in [0.1, 0.15) is 12.3 Å². The molecule has 1 aliphatic carbocycles. The molecule has 2 aromatic rings. The van der Waals surface area contributed by atoms with Gasteiger partial charge in [-0.3, -0.25) is 9.78 Å². The fourth-order valence-corrected chi connectivity index (χ4v) is 3.53. The summed E-state index contributed by atoms with van der Waals surface area (Å²) in [4.78, 5) is 25.4. The first kappa shape index (κ1) is 24.8. The van der Waals surface area contributed by atoms with Gasteiger partial charge in [-0.2, -0.15) is 0 Å². The van der Waals surface area contributed by atoms with Crippen molar-refractivity contribution in [2.45, 2.75) is 57.1 Å². The van der Waals surface area contributed by atoms with Crippen molar-refractivity contribution in [2.75, 3.05) is 11.9 Å². The Hall–Kier alpha value is -2.85. The summed E-state index contributed by atoms with van der Waals surface area (Å²) in [5.74, 6) is -0.299. The number of amides is 1. The van der Waals surface area contributed by atoms with Crippen LogP contribution < -0.4 is 16.4 Å². The lowest BCUT2D eigenvalue weighted by molar-refractivity contribution is -0.00177. The van der Waals surface area contributed by atoms with Crippen LogP contribution in [0, 0.1) is 0 Å². The highest BCUT2D eigenvalue weighted by Crippen LogP contribution is 2.29. The Balaban J connectivity index is 1.90. The largest absolute Gasteiger partial charge is 0.404 e. The van der Waals surface area contributed by atoms with Crippen molar-refractivity contribution < 1.29 is 18.7 Å². The van der Waals surface area contributed by atoms with Crippen molar-refractivity contribution in [1.82, 2.24) is 20.3 Å². The van der Waals surface area contributed by atoms with Crippen LogP contribution in [0.15, 0.2) is 30.9 Å². The Bertz CT molecular complexity index is 1010. The van der Waals surface area contributed by atoms with Gasteiger partial charge in [0.15, 0.2) is 5.82 Å². The van der Waals surface area contributed by atoms with E-state index in [1.54, 1.807) is 6.07 Å². The van der Waals surface area contributed by atoms with Crippen molar-refractivity contribution in [3.63, 3.8) is 0 Å². The average molecular weight is 481 g/mol. The summed E-state index contributed by atoms with van der Waals surface area (Å²) < 4.78 is 27.8. The number of aromatic nitrogens is 3. The molecule has 178 valence electrons. The molecule has 0 radical (unpaired) electrons. The lowest BCUT2D eigenvalue weighted by atomic mass is 10.0. The minimum atomic E-state index is -1.67. The fraction of sp³-hybridized carbons (Fsp3) is 0.455. The van der Waals surface area contributed by atoms with E-state index in [0.717, 1.165) is 0 Å². The summed E-state index contributed by atoms with van der Waals surface area (Å²) in [7, 11) is 0. The monoisotopic (exact) mass is 480 g/mol. The minimum Gasteiger partial charge on any atom is -0.404 e. The molecule has 8 nitrogen and oxygen atoms in total. The highest BCUT2D eigenvalue weighted by molar-refractivity contribution is 6.30. The quantitative estimate of drug-likeness (QED) is 0.457. The van der Waals surface area contributed by atoms with E-state index in [-0.39, 0.29) is 24.0 Å². The standard InChI is InChI=1S/C22H27ClF2N6O2/c1-22(2,33)19(25)11-30-21(32)16-10-27-17(6-18(16)31-14-4-3-13(24)5-14)15(7-26)20-28-8-12(23)9-29-20/h6-10,13-14,19,33H,3-5,11,26H2,1-2H3,(H,27,31)(H,30,32). The van der Waals surface area contributed by atoms with E-state index in [0.29, 0.717) is 41.2 Å². The van der Waals surface area contributed by atoms with Crippen LogP contribution in [0.2, 0.25) is 5.02 Å². The molecule has 3 unspecified atom stereocenters. The van der Waals surface area contributed by atoms with Crippen molar-refractivity contribution in [3.8, 4) is 0 Å². The number of hydrogen-bond acceptors (Lipinski definition) is 7. The van der Waals surface area contributed by atoms with Gasteiger partial charge >= 0.3 is 0 Å². The van der Waals surface area contributed by atoms with Crippen molar-refractivity contribution >= 4 is 28.8 Å². The number of halogens is 3. The molecular weight excluding hydrogens is 454 g/mol. The Morgan fingerprint density at radius 3 is 2.61 bits per heavy atom. The average Bonchev–Trinajstić information content (AvgIpc) is 3.17. The van der Waals surface area contributed by atoms with E-state index in [1.807, 2.05) is 0 Å². The maximum absolute atomic E-state index is 14.1. The number of nitrogens with two attached hydrogens (primary N) is 1. The number of alkyl halides is 2. The summed E-state index contributed by atoms with van der Waals surface area (Å²) in [6.07, 6.45) is 4.22. The maximum atomic E-state index is 14.1. The minimum absolute atomic E-state index is 0.150. The number of anilines is 1.